The van der Waals surface area contributed by atoms with Gasteiger partial charge in [0.25, 0.3) is 0 Å². The van der Waals surface area contributed by atoms with E-state index in [1.807, 2.05) is 12.1 Å². The molecule has 6 heteroatoms. The maximum absolute atomic E-state index is 5.52. The van der Waals surface area contributed by atoms with E-state index in [-0.39, 0.29) is 5.92 Å². The van der Waals surface area contributed by atoms with Crippen LogP contribution in [-0.4, -0.2) is 9.97 Å². The van der Waals surface area contributed by atoms with E-state index in [0.717, 1.165) is 21.5 Å². The van der Waals surface area contributed by atoms with Gasteiger partial charge in [-0.3, -0.25) is 0 Å². The van der Waals surface area contributed by atoms with Crippen LogP contribution in [0.25, 0.3) is 0 Å². The fourth-order valence-corrected chi connectivity index (χ4v) is 2.60. The summed E-state index contributed by atoms with van der Waals surface area (Å²) in [4.78, 5) is 8.49. The third-order valence-corrected chi connectivity index (χ3v) is 3.63. The number of nitrogens with zero attached hydrogens (tertiary/aromatic N) is 2. The van der Waals surface area contributed by atoms with Crippen molar-refractivity contribution in [1.29, 1.82) is 0 Å². The van der Waals surface area contributed by atoms with Gasteiger partial charge in [0.05, 0.1) is 5.69 Å². The zero-order valence-corrected chi connectivity index (χ0v) is 13.3. The minimum Gasteiger partial charge on any atom is -0.339 e. The van der Waals surface area contributed by atoms with Gasteiger partial charge in [-0.05, 0) is 46.5 Å². The molecule has 0 unspecified atom stereocenters. The van der Waals surface area contributed by atoms with Crippen molar-refractivity contribution >= 4 is 33.3 Å². The molecule has 0 aliphatic heterocycles. The summed E-state index contributed by atoms with van der Waals surface area (Å²) in [6.45, 7) is 6.21. The zero-order chi connectivity index (χ0) is 14.7. The summed E-state index contributed by atoms with van der Waals surface area (Å²) in [5.74, 6) is 7.16. The summed E-state index contributed by atoms with van der Waals surface area (Å²) in [7, 11) is 0. The van der Waals surface area contributed by atoms with Crippen LogP contribution in [0.4, 0.5) is 17.3 Å². The minimum absolute atomic E-state index is 0.244. The molecule has 5 nitrogen and oxygen atoms in total. The number of hydrazine groups is 1. The third kappa shape index (κ3) is 3.08. The van der Waals surface area contributed by atoms with Crippen LogP contribution in [0.3, 0.4) is 0 Å². The summed E-state index contributed by atoms with van der Waals surface area (Å²) in [6.07, 6.45) is 1.49. The molecule has 0 amide bonds. The van der Waals surface area contributed by atoms with E-state index in [1.54, 1.807) is 0 Å². The molecule has 20 heavy (non-hydrogen) atoms. The number of anilines is 3. The highest BCUT2D eigenvalue weighted by Crippen LogP contribution is 2.32. The molecule has 0 saturated carbocycles. The largest absolute Gasteiger partial charge is 0.339 e. The third-order valence-electron chi connectivity index (χ3n) is 2.98. The van der Waals surface area contributed by atoms with Crippen molar-refractivity contribution in [2.45, 2.75) is 26.7 Å². The average Bonchev–Trinajstić information content (AvgIpc) is 2.41. The Morgan fingerprint density at radius 3 is 2.50 bits per heavy atom. The Kier molecular flexibility index (Phi) is 4.57. The lowest BCUT2D eigenvalue weighted by molar-refractivity contribution is 0.850. The minimum atomic E-state index is 0.244. The van der Waals surface area contributed by atoms with E-state index < -0.39 is 0 Å². The topological polar surface area (TPSA) is 75.9 Å². The van der Waals surface area contributed by atoms with Crippen molar-refractivity contribution in [3.63, 3.8) is 0 Å². The van der Waals surface area contributed by atoms with E-state index >= 15 is 0 Å². The van der Waals surface area contributed by atoms with Crippen LogP contribution in [0, 0.1) is 6.92 Å². The van der Waals surface area contributed by atoms with Crippen LogP contribution >= 0.6 is 15.9 Å². The summed E-state index contributed by atoms with van der Waals surface area (Å²) >= 11 is 3.56. The molecule has 0 fully saturated rings. The molecule has 0 atom stereocenters. The first-order chi connectivity index (χ1) is 9.52. The molecule has 1 aromatic heterocycles. The second-order valence-electron chi connectivity index (χ2n) is 4.89. The summed E-state index contributed by atoms with van der Waals surface area (Å²) in [5, 5.41) is 3.33. The van der Waals surface area contributed by atoms with Gasteiger partial charge < -0.3 is 10.7 Å². The van der Waals surface area contributed by atoms with E-state index in [4.69, 9.17) is 5.84 Å². The van der Waals surface area contributed by atoms with E-state index in [1.165, 1.54) is 11.9 Å². The Morgan fingerprint density at radius 1 is 1.20 bits per heavy atom. The number of hydrogen-bond acceptors (Lipinski definition) is 5. The molecular formula is C14H18BrN5. The van der Waals surface area contributed by atoms with Gasteiger partial charge in [-0.1, -0.05) is 19.9 Å². The van der Waals surface area contributed by atoms with Gasteiger partial charge in [0.2, 0.25) is 0 Å². The lowest BCUT2D eigenvalue weighted by Crippen LogP contribution is -2.14. The first kappa shape index (κ1) is 14.7. The number of benzene rings is 1. The monoisotopic (exact) mass is 335 g/mol. The van der Waals surface area contributed by atoms with Crippen molar-refractivity contribution in [3.8, 4) is 0 Å². The van der Waals surface area contributed by atoms with Gasteiger partial charge >= 0.3 is 0 Å². The standard InChI is InChI=1S/C14H18BrN5/c1-8(2)12-13(17-7-18-14(12)20-16)19-11-5-4-9(3)6-10(11)15/h4-8H,16H2,1-3H3,(H2,17,18,19,20). The normalized spacial score (nSPS) is 10.7. The van der Waals surface area contributed by atoms with Gasteiger partial charge in [-0.25, -0.2) is 15.8 Å². The van der Waals surface area contributed by atoms with Gasteiger partial charge in [0.1, 0.15) is 18.0 Å². The number of aryl methyl sites for hydroxylation is 1. The van der Waals surface area contributed by atoms with E-state index in [9.17, 15) is 0 Å². The Labute approximate surface area is 127 Å². The number of hydrogen-bond donors (Lipinski definition) is 3. The molecule has 2 aromatic rings. The fourth-order valence-electron chi connectivity index (χ4n) is 2.01. The van der Waals surface area contributed by atoms with Crippen LogP contribution in [0.1, 0.15) is 30.9 Å². The average molecular weight is 336 g/mol. The van der Waals surface area contributed by atoms with Gasteiger partial charge in [0.15, 0.2) is 0 Å². The number of nitrogen functional groups attached to an aromatic ring is 1. The number of nitrogens with two attached hydrogens (primary N) is 1. The molecule has 0 spiro atoms. The van der Waals surface area contributed by atoms with Gasteiger partial charge in [-0.15, -0.1) is 0 Å². The van der Waals surface area contributed by atoms with E-state index in [0.29, 0.717) is 5.82 Å². The van der Waals surface area contributed by atoms with Crippen molar-refractivity contribution in [2.75, 3.05) is 10.7 Å². The molecule has 0 bridgehead atoms. The van der Waals surface area contributed by atoms with Gasteiger partial charge in [-0.2, -0.15) is 0 Å². The lowest BCUT2D eigenvalue weighted by Gasteiger charge is -2.17. The smallest absolute Gasteiger partial charge is 0.148 e. The number of nitrogens with one attached hydrogen (secondary N) is 2. The molecule has 4 N–H and O–H groups in total. The number of rotatable bonds is 4. The molecule has 1 aromatic carbocycles. The molecule has 0 radical (unpaired) electrons. The van der Waals surface area contributed by atoms with Gasteiger partial charge in [0, 0.05) is 10.0 Å². The van der Waals surface area contributed by atoms with Crippen molar-refractivity contribution < 1.29 is 0 Å². The SMILES string of the molecule is Cc1ccc(Nc2ncnc(NN)c2C(C)C)c(Br)c1. The van der Waals surface area contributed by atoms with Crippen LogP contribution in [-0.2, 0) is 0 Å². The highest BCUT2D eigenvalue weighted by Gasteiger charge is 2.15. The van der Waals surface area contributed by atoms with Crippen LogP contribution < -0.4 is 16.6 Å². The lowest BCUT2D eigenvalue weighted by atomic mass is 10.0. The van der Waals surface area contributed by atoms with Crippen molar-refractivity contribution in [2.24, 2.45) is 5.84 Å². The molecule has 106 valence electrons. The second-order valence-corrected chi connectivity index (χ2v) is 5.75. The highest BCUT2D eigenvalue weighted by atomic mass is 79.9. The predicted molar refractivity (Wildman–Crippen MR) is 86.1 cm³/mol. The number of aromatic nitrogens is 2. The summed E-state index contributed by atoms with van der Waals surface area (Å²) in [6, 6.07) is 6.12. The molecule has 1 heterocycles. The summed E-state index contributed by atoms with van der Waals surface area (Å²) in [5.41, 5.74) is 5.74. The number of halogens is 1. The highest BCUT2D eigenvalue weighted by molar-refractivity contribution is 9.10. The predicted octanol–water partition coefficient (Wildman–Crippen LogP) is 3.70. The first-order valence-electron chi connectivity index (χ1n) is 6.37. The Morgan fingerprint density at radius 2 is 1.90 bits per heavy atom. The first-order valence-corrected chi connectivity index (χ1v) is 7.17. The fraction of sp³-hybridized carbons (Fsp3) is 0.286. The van der Waals surface area contributed by atoms with E-state index in [2.05, 4.69) is 63.5 Å². The maximum atomic E-state index is 5.52. The maximum Gasteiger partial charge on any atom is 0.148 e. The summed E-state index contributed by atoms with van der Waals surface area (Å²) < 4.78 is 0.994. The molecular weight excluding hydrogens is 318 g/mol. The second kappa shape index (κ2) is 6.19. The van der Waals surface area contributed by atoms with Crippen LogP contribution in [0.2, 0.25) is 0 Å². The molecule has 0 aliphatic rings. The van der Waals surface area contributed by atoms with Crippen molar-refractivity contribution in [1.82, 2.24) is 9.97 Å². The Balaban J connectivity index is 2.43. The molecule has 0 saturated heterocycles. The quantitative estimate of drug-likeness (QED) is 0.586. The molecule has 0 aliphatic carbocycles. The zero-order valence-electron chi connectivity index (χ0n) is 11.7. The Hall–Kier alpha value is -1.66. The molecule has 2 rings (SSSR count). The van der Waals surface area contributed by atoms with Crippen molar-refractivity contribution in [3.05, 3.63) is 40.1 Å². The van der Waals surface area contributed by atoms with Crippen LogP contribution in [0.15, 0.2) is 29.0 Å². The Bertz CT molecular complexity index is 613. The van der Waals surface area contributed by atoms with Crippen LogP contribution in [0.5, 0.6) is 0 Å².